The van der Waals surface area contributed by atoms with E-state index in [1.165, 1.54) is 12.1 Å². The lowest BCUT2D eigenvalue weighted by Gasteiger charge is -2.41. The summed E-state index contributed by atoms with van der Waals surface area (Å²) >= 11 is 3.08. The minimum Gasteiger partial charge on any atom is -0.389 e. The Morgan fingerprint density at radius 2 is 2.15 bits per heavy atom. The van der Waals surface area contributed by atoms with Crippen LogP contribution in [0, 0.1) is 11.6 Å². The monoisotopic (exact) mass is 345 g/mol. The van der Waals surface area contributed by atoms with Crippen molar-refractivity contribution in [3.63, 3.8) is 0 Å². The molecule has 0 amide bonds. The van der Waals surface area contributed by atoms with E-state index in [-0.39, 0.29) is 16.5 Å². The summed E-state index contributed by atoms with van der Waals surface area (Å²) < 4.78 is 28.1. The predicted octanol–water partition coefficient (Wildman–Crippen LogP) is 3.26. The van der Waals surface area contributed by atoms with E-state index in [2.05, 4.69) is 20.8 Å². The zero-order chi connectivity index (χ0) is 14.3. The predicted molar refractivity (Wildman–Crippen MR) is 76.5 cm³/mol. The second kappa shape index (κ2) is 5.35. The number of nitrogens with zero attached hydrogens (tertiary/aromatic N) is 1. The molecule has 0 spiro atoms. The molecule has 1 N–H and O–H groups in total. The maximum absolute atomic E-state index is 14.0. The maximum atomic E-state index is 14.0. The van der Waals surface area contributed by atoms with Crippen LogP contribution in [0.2, 0.25) is 0 Å². The minimum atomic E-state index is -0.992. The molecule has 3 rings (SSSR count). The van der Waals surface area contributed by atoms with E-state index in [4.69, 9.17) is 0 Å². The molecule has 2 unspecified atom stereocenters. The summed E-state index contributed by atoms with van der Waals surface area (Å²) in [5.74, 6) is -1.17. The lowest BCUT2D eigenvalue weighted by molar-refractivity contribution is -0.0364. The zero-order valence-electron chi connectivity index (χ0n) is 11.2. The SMILES string of the molecule is OC1(Cc2c(F)ccc(Br)c2F)CCN2CCCC2C1. The molecule has 2 atom stereocenters. The molecule has 0 bridgehead atoms. The van der Waals surface area contributed by atoms with Gasteiger partial charge in [-0.05, 0) is 60.3 Å². The molecular weight excluding hydrogens is 328 g/mol. The fourth-order valence-corrected chi connectivity index (χ4v) is 3.91. The Bertz CT molecular complexity index is 525. The fraction of sp³-hybridized carbons (Fsp3) is 0.600. The molecule has 0 aliphatic carbocycles. The van der Waals surface area contributed by atoms with Crippen LogP contribution in [0.25, 0.3) is 0 Å². The van der Waals surface area contributed by atoms with Crippen molar-refractivity contribution in [3.8, 4) is 0 Å². The van der Waals surface area contributed by atoms with Crippen molar-refractivity contribution in [1.82, 2.24) is 4.90 Å². The van der Waals surface area contributed by atoms with Gasteiger partial charge in [0.25, 0.3) is 0 Å². The van der Waals surface area contributed by atoms with E-state index in [0.29, 0.717) is 18.9 Å². The van der Waals surface area contributed by atoms with E-state index < -0.39 is 17.2 Å². The number of hydrogen-bond donors (Lipinski definition) is 1. The molecule has 20 heavy (non-hydrogen) atoms. The van der Waals surface area contributed by atoms with Crippen LogP contribution in [0.1, 0.15) is 31.2 Å². The number of rotatable bonds is 2. The molecule has 0 radical (unpaired) electrons. The minimum absolute atomic E-state index is 0.00618. The topological polar surface area (TPSA) is 23.5 Å². The summed E-state index contributed by atoms with van der Waals surface area (Å²) in [6.07, 6.45) is 3.47. The molecule has 2 aliphatic heterocycles. The Balaban J connectivity index is 1.82. The normalized spacial score (nSPS) is 30.5. The van der Waals surface area contributed by atoms with Crippen LogP contribution in [0.15, 0.2) is 16.6 Å². The van der Waals surface area contributed by atoms with Gasteiger partial charge in [0.1, 0.15) is 11.6 Å². The van der Waals surface area contributed by atoms with Crippen LogP contribution < -0.4 is 0 Å². The van der Waals surface area contributed by atoms with Crippen LogP contribution in [0.4, 0.5) is 8.78 Å². The van der Waals surface area contributed by atoms with Crippen LogP contribution in [0.3, 0.4) is 0 Å². The van der Waals surface area contributed by atoms with Gasteiger partial charge in [0.2, 0.25) is 0 Å². The number of halogens is 3. The molecule has 0 saturated carbocycles. The Morgan fingerprint density at radius 1 is 1.35 bits per heavy atom. The quantitative estimate of drug-likeness (QED) is 0.831. The standard InChI is InChI=1S/C15H18BrF2NO/c16-12-3-4-13(17)11(14(12)18)9-15(20)5-7-19-6-1-2-10(19)8-15/h3-4,10,20H,1-2,5-9H2. The smallest absolute Gasteiger partial charge is 0.143 e. The van der Waals surface area contributed by atoms with Gasteiger partial charge in [-0.1, -0.05) is 0 Å². The van der Waals surface area contributed by atoms with Crippen LogP contribution in [-0.2, 0) is 6.42 Å². The van der Waals surface area contributed by atoms with Gasteiger partial charge in [-0.15, -0.1) is 0 Å². The van der Waals surface area contributed by atoms with Gasteiger partial charge in [-0.25, -0.2) is 8.78 Å². The largest absolute Gasteiger partial charge is 0.389 e. The third kappa shape index (κ3) is 2.63. The van der Waals surface area contributed by atoms with Crippen molar-refractivity contribution in [3.05, 3.63) is 33.8 Å². The Labute approximate surface area is 125 Å². The van der Waals surface area contributed by atoms with Crippen LogP contribution in [0.5, 0.6) is 0 Å². The Morgan fingerprint density at radius 3 is 2.95 bits per heavy atom. The van der Waals surface area contributed by atoms with Crippen LogP contribution >= 0.6 is 15.9 Å². The summed E-state index contributed by atoms with van der Waals surface area (Å²) in [5.41, 5.74) is -0.998. The van der Waals surface area contributed by atoms with E-state index >= 15 is 0 Å². The first-order valence-corrected chi connectivity index (χ1v) is 7.87. The summed E-state index contributed by atoms with van der Waals surface area (Å²) in [4.78, 5) is 2.38. The average Bonchev–Trinajstić information content (AvgIpc) is 2.86. The van der Waals surface area contributed by atoms with Crippen molar-refractivity contribution in [2.45, 2.75) is 43.7 Å². The Hall–Kier alpha value is -0.520. The third-order valence-electron chi connectivity index (χ3n) is 4.62. The molecule has 1 aromatic carbocycles. The zero-order valence-corrected chi connectivity index (χ0v) is 12.8. The first-order chi connectivity index (χ1) is 9.48. The molecule has 2 fully saturated rings. The van der Waals surface area contributed by atoms with Crippen LogP contribution in [-0.4, -0.2) is 34.7 Å². The van der Waals surface area contributed by atoms with Crippen molar-refractivity contribution in [2.75, 3.05) is 13.1 Å². The lowest BCUT2D eigenvalue weighted by Crippen LogP contribution is -2.49. The molecule has 2 aliphatic rings. The summed E-state index contributed by atoms with van der Waals surface area (Å²) in [7, 11) is 0. The highest BCUT2D eigenvalue weighted by molar-refractivity contribution is 9.10. The molecular formula is C15H18BrF2NO. The highest BCUT2D eigenvalue weighted by atomic mass is 79.9. The number of fused-ring (bicyclic) bond motifs is 1. The van der Waals surface area contributed by atoms with E-state index in [0.717, 1.165) is 25.9 Å². The number of piperidine rings is 1. The lowest BCUT2D eigenvalue weighted by atomic mass is 9.81. The van der Waals surface area contributed by atoms with Gasteiger partial charge in [-0.2, -0.15) is 0 Å². The number of benzene rings is 1. The van der Waals surface area contributed by atoms with Gasteiger partial charge >= 0.3 is 0 Å². The molecule has 2 nitrogen and oxygen atoms in total. The maximum Gasteiger partial charge on any atom is 0.143 e. The first-order valence-electron chi connectivity index (χ1n) is 7.07. The van der Waals surface area contributed by atoms with Gasteiger partial charge in [0.15, 0.2) is 0 Å². The van der Waals surface area contributed by atoms with Crippen molar-refractivity contribution >= 4 is 15.9 Å². The molecule has 5 heteroatoms. The second-order valence-corrected chi connectivity index (χ2v) is 6.86. The highest BCUT2D eigenvalue weighted by Gasteiger charge is 2.41. The number of hydrogen-bond acceptors (Lipinski definition) is 2. The first kappa shape index (κ1) is 14.4. The second-order valence-electron chi connectivity index (χ2n) is 6.01. The van der Waals surface area contributed by atoms with Gasteiger partial charge in [0.05, 0.1) is 10.1 Å². The van der Waals surface area contributed by atoms with Crippen molar-refractivity contribution in [1.29, 1.82) is 0 Å². The van der Waals surface area contributed by atoms with Crippen molar-refractivity contribution in [2.24, 2.45) is 0 Å². The van der Waals surface area contributed by atoms with Gasteiger partial charge in [0, 0.05) is 24.6 Å². The molecule has 1 aromatic rings. The molecule has 0 aromatic heterocycles. The van der Waals surface area contributed by atoms with Gasteiger partial charge in [-0.3, -0.25) is 0 Å². The van der Waals surface area contributed by atoms with E-state index in [1.54, 1.807) is 0 Å². The third-order valence-corrected chi connectivity index (χ3v) is 5.24. The fourth-order valence-electron chi connectivity index (χ4n) is 3.53. The summed E-state index contributed by atoms with van der Waals surface area (Å²) in [6.45, 7) is 1.90. The summed E-state index contributed by atoms with van der Waals surface area (Å²) in [6, 6.07) is 2.97. The van der Waals surface area contributed by atoms with Crippen molar-refractivity contribution < 1.29 is 13.9 Å². The summed E-state index contributed by atoms with van der Waals surface area (Å²) in [5, 5.41) is 10.7. The average molecular weight is 346 g/mol. The molecule has 2 saturated heterocycles. The van der Waals surface area contributed by atoms with E-state index in [1.807, 2.05) is 0 Å². The van der Waals surface area contributed by atoms with E-state index in [9.17, 15) is 13.9 Å². The number of aliphatic hydroxyl groups is 1. The van der Waals surface area contributed by atoms with Gasteiger partial charge < -0.3 is 10.0 Å². The molecule has 2 heterocycles. The highest BCUT2D eigenvalue weighted by Crippen LogP contribution is 2.36. The Kier molecular flexibility index (Phi) is 3.86. The molecule has 110 valence electrons.